The minimum Gasteiger partial charge on any atom is -0.467 e. The number of rotatable bonds is 2. The highest BCUT2D eigenvalue weighted by molar-refractivity contribution is 5.93. The van der Waals surface area contributed by atoms with Gasteiger partial charge in [0.15, 0.2) is 11.5 Å². The second-order valence-corrected chi connectivity index (χ2v) is 5.53. The highest BCUT2D eigenvalue weighted by atomic mass is 16.7. The number of ketones is 1. The molecule has 1 saturated heterocycles. The van der Waals surface area contributed by atoms with Crippen molar-refractivity contribution < 1.29 is 28.5 Å². The summed E-state index contributed by atoms with van der Waals surface area (Å²) in [6.45, 7) is 1.64. The quantitative estimate of drug-likeness (QED) is 0.768. The van der Waals surface area contributed by atoms with Crippen molar-refractivity contribution >= 4 is 11.8 Å². The predicted molar refractivity (Wildman–Crippen MR) is 68.9 cm³/mol. The van der Waals surface area contributed by atoms with Crippen LogP contribution in [0.2, 0.25) is 0 Å². The summed E-state index contributed by atoms with van der Waals surface area (Å²) in [5.41, 5.74) is 0.193. The standard InChI is InChI=1S/C15H14O6/c1-7(16)9-4-11-8-3-12-13(20-6-19-12)5-10(8)15(9,21-11)14(17)18-2/h3,5,9,11H,4,6H2,1-2H3. The molecule has 4 rings (SSSR count). The molecule has 3 aliphatic rings. The van der Waals surface area contributed by atoms with E-state index in [-0.39, 0.29) is 18.7 Å². The van der Waals surface area contributed by atoms with Crippen molar-refractivity contribution in [1.82, 2.24) is 0 Å². The lowest BCUT2D eigenvalue weighted by molar-refractivity contribution is -0.172. The fraction of sp³-hybridized carbons (Fsp3) is 0.467. The SMILES string of the molecule is COC(=O)C12OC(CC1C(C)=O)c1cc3c(cc12)OCO3. The Labute approximate surface area is 120 Å². The van der Waals surface area contributed by atoms with Crippen LogP contribution in [0.4, 0.5) is 0 Å². The van der Waals surface area contributed by atoms with Crippen molar-refractivity contribution in [2.45, 2.75) is 25.0 Å². The first-order valence-electron chi connectivity index (χ1n) is 6.78. The first-order chi connectivity index (χ1) is 10.1. The van der Waals surface area contributed by atoms with Crippen LogP contribution in [0, 0.1) is 5.92 Å². The van der Waals surface area contributed by atoms with Crippen LogP contribution in [0.5, 0.6) is 11.5 Å². The number of carbonyl (C=O) groups excluding carboxylic acids is 2. The van der Waals surface area contributed by atoms with Crippen LogP contribution in [-0.2, 0) is 24.7 Å². The summed E-state index contributed by atoms with van der Waals surface area (Å²) in [5.74, 6) is 0.0663. The Balaban J connectivity index is 1.94. The highest BCUT2D eigenvalue weighted by Gasteiger charge is 2.64. The first kappa shape index (κ1) is 12.6. The number of hydrogen-bond donors (Lipinski definition) is 0. The number of methoxy groups -OCH3 is 1. The van der Waals surface area contributed by atoms with Crippen molar-refractivity contribution in [3.63, 3.8) is 0 Å². The Morgan fingerprint density at radius 1 is 1.29 bits per heavy atom. The lowest BCUT2D eigenvalue weighted by atomic mass is 9.72. The summed E-state index contributed by atoms with van der Waals surface area (Å²) in [5, 5.41) is 0. The molecule has 0 aliphatic carbocycles. The number of ether oxygens (including phenoxy) is 4. The molecule has 0 spiro atoms. The topological polar surface area (TPSA) is 71.1 Å². The lowest BCUT2D eigenvalue weighted by Crippen LogP contribution is -2.44. The molecule has 1 aromatic rings. The van der Waals surface area contributed by atoms with Gasteiger partial charge in [-0.05, 0) is 31.0 Å². The van der Waals surface area contributed by atoms with Gasteiger partial charge in [0.2, 0.25) is 12.4 Å². The van der Waals surface area contributed by atoms with Gasteiger partial charge in [-0.2, -0.15) is 0 Å². The van der Waals surface area contributed by atoms with Gasteiger partial charge < -0.3 is 18.9 Å². The Morgan fingerprint density at radius 3 is 2.67 bits per heavy atom. The Morgan fingerprint density at radius 2 is 2.00 bits per heavy atom. The molecule has 6 nitrogen and oxygen atoms in total. The molecule has 2 bridgehead atoms. The maximum atomic E-state index is 12.4. The number of carbonyl (C=O) groups is 2. The van der Waals surface area contributed by atoms with Crippen LogP contribution >= 0.6 is 0 Å². The molecule has 1 aromatic carbocycles. The van der Waals surface area contributed by atoms with E-state index in [1.165, 1.54) is 14.0 Å². The average molecular weight is 290 g/mol. The second kappa shape index (κ2) is 3.98. The number of hydrogen-bond acceptors (Lipinski definition) is 6. The van der Waals surface area contributed by atoms with Crippen molar-refractivity contribution in [3.8, 4) is 11.5 Å². The van der Waals surface area contributed by atoms with Gasteiger partial charge in [0.1, 0.15) is 5.78 Å². The maximum Gasteiger partial charge on any atom is 0.343 e. The van der Waals surface area contributed by atoms with Crippen molar-refractivity contribution in [2.24, 2.45) is 5.92 Å². The summed E-state index contributed by atoms with van der Waals surface area (Å²) >= 11 is 0. The van der Waals surface area contributed by atoms with Gasteiger partial charge in [0.05, 0.1) is 19.1 Å². The molecule has 6 heteroatoms. The minimum atomic E-state index is -1.35. The van der Waals surface area contributed by atoms with Gasteiger partial charge in [0.25, 0.3) is 0 Å². The molecular weight excluding hydrogens is 276 g/mol. The molecule has 0 radical (unpaired) electrons. The van der Waals surface area contributed by atoms with Crippen molar-refractivity contribution in [2.75, 3.05) is 13.9 Å². The highest BCUT2D eigenvalue weighted by Crippen LogP contribution is 2.60. The molecule has 0 N–H and O–H groups in total. The first-order valence-corrected chi connectivity index (χ1v) is 6.78. The predicted octanol–water partition coefficient (Wildman–Crippen LogP) is 1.46. The van der Waals surface area contributed by atoms with Crippen LogP contribution in [-0.4, -0.2) is 25.7 Å². The molecule has 0 amide bonds. The zero-order valence-electron chi connectivity index (χ0n) is 11.7. The van der Waals surface area contributed by atoms with Gasteiger partial charge in [-0.3, -0.25) is 4.79 Å². The van der Waals surface area contributed by atoms with Crippen LogP contribution in [0.25, 0.3) is 0 Å². The van der Waals surface area contributed by atoms with Gasteiger partial charge in [-0.1, -0.05) is 0 Å². The zero-order valence-corrected chi connectivity index (χ0v) is 11.7. The van der Waals surface area contributed by atoms with Crippen molar-refractivity contribution in [3.05, 3.63) is 23.3 Å². The minimum absolute atomic E-state index is 0.0776. The molecule has 21 heavy (non-hydrogen) atoms. The van der Waals surface area contributed by atoms with E-state index >= 15 is 0 Å². The van der Waals surface area contributed by atoms with E-state index in [2.05, 4.69) is 0 Å². The number of fused-ring (bicyclic) bond motifs is 6. The molecule has 110 valence electrons. The van der Waals surface area contributed by atoms with Crippen LogP contribution < -0.4 is 9.47 Å². The third kappa shape index (κ3) is 1.40. The summed E-state index contributed by atoms with van der Waals surface area (Å²) < 4.78 is 21.6. The molecule has 3 heterocycles. The molecule has 0 saturated carbocycles. The monoisotopic (exact) mass is 290 g/mol. The Kier molecular flexibility index (Phi) is 2.39. The third-order valence-corrected chi connectivity index (χ3v) is 4.54. The van der Waals surface area contributed by atoms with Crippen molar-refractivity contribution in [1.29, 1.82) is 0 Å². The van der Waals surface area contributed by atoms with E-state index in [4.69, 9.17) is 18.9 Å². The smallest absolute Gasteiger partial charge is 0.343 e. The fourth-order valence-electron chi connectivity index (χ4n) is 3.63. The lowest BCUT2D eigenvalue weighted by Gasteiger charge is -2.30. The normalized spacial score (nSPS) is 31.1. The number of esters is 1. The van der Waals surface area contributed by atoms with E-state index in [9.17, 15) is 9.59 Å². The molecule has 3 atom stereocenters. The van der Waals surface area contributed by atoms with Gasteiger partial charge in [-0.15, -0.1) is 0 Å². The van der Waals surface area contributed by atoms with Gasteiger partial charge >= 0.3 is 5.97 Å². The van der Waals surface area contributed by atoms with Gasteiger partial charge in [-0.25, -0.2) is 4.79 Å². The fourth-order valence-corrected chi connectivity index (χ4v) is 3.63. The van der Waals surface area contributed by atoms with Gasteiger partial charge in [0, 0.05) is 5.56 Å². The second-order valence-electron chi connectivity index (χ2n) is 5.53. The van der Waals surface area contributed by atoms with Crippen LogP contribution in [0.15, 0.2) is 12.1 Å². The summed E-state index contributed by atoms with van der Waals surface area (Å²) in [6, 6.07) is 3.58. The molecule has 3 aliphatic heterocycles. The average Bonchev–Trinajstić information content (AvgIpc) is 3.15. The van der Waals surface area contributed by atoms with E-state index in [0.717, 1.165) is 5.56 Å². The number of Topliss-reactive ketones (excluding diaryl/α,β-unsaturated/α-hetero) is 1. The summed E-state index contributed by atoms with van der Waals surface area (Å²) in [4.78, 5) is 24.4. The zero-order chi connectivity index (χ0) is 14.8. The van der Waals surface area contributed by atoms with Crippen LogP contribution in [0.3, 0.4) is 0 Å². The van der Waals surface area contributed by atoms with E-state index in [1.807, 2.05) is 6.07 Å². The Hall–Kier alpha value is -2.08. The maximum absolute atomic E-state index is 12.4. The van der Waals surface area contributed by atoms with E-state index in [1.54, 1.807) is 6.07 Å². The van der Waals surface area contributed by atoms with E-state index < -0.39 is 17.5 Å². The largest absolute Gasteiger partial charge is 0.467 e. The summed E-state index contributed by atoms with van der Waals surface area (Å²) in [7, 11) is 1.30. The van der Waals surface area contributed by atoms with Crippen LogP contribution in [0.1, 0.15) is 30.6 Å². The molecular formula is C15H14O6. The third-order valence-electron chi connectivity index (χ3n) is 4.54. The summed E-state index contributed by atoms with van der Waals surface area (Å²) in [6.07, 6.45) is 0.194. The van der Waals surface area contributed by atoms with E-state index in [0.29, 0.717) is 23.5 Å². The molecule has 0 aromatic heterocycles. The molecule has 3 unspecified atom stereocenters. The Bertz CT molecular complexity index is 666. The number of benzene rings is 1. The molecule has 1 fully saturated rings.